The van der Waals surface area contributed by atoms with Gasteiger partial charge < -0.3 is 14.4 Å². The van der Waals surface area contributed by atoms with E-state index in [1.165, 1.54) is 17.0 Å². The quantitative estimate of drug-likeness (QED) is 0.494. The molecule has 2 heterocycles. The Balaban J connectivity index is 1.57. The van der Waals surface area contributed by atoms with Crippen LogP contribution in [0.1, 0.15) is 23.6 Å². The zero-order valence-corrected chi connectivity index (χ0v) is 21.7. The number of methoxy groups -OCH3 is 1. The summed E-state index contributed by atoms with van der Waals surface area (Å²) in [6.07, 6.45) is 0.457. The fraction of sp³-hybridized carbons (Fsp3) is 0.423. The van der Waals surface area contributed by atoms with Gasteiger partial charge in [-0.25, -0.2) is 5.01 Å². The highest BCUT2D eigenvalue weighted by molar-refractivity contribution is 6.34. The molecule has 2 aromatic carbocycles. The van der Waals surface area contributed by atoms with Crippen molar-refractivity contribution in [3.8, 4) is 0 Å². The summed E-state index contributed by atoms with van der Waals surface area (Å²) in [6, 6.07) is 14.4. The molecule has 4 rings (SSSR count). The molecule has 0 saturated carbocycles. The van der Waals surface area contributed by atoms with Crippen molar-refractivity contribution in [1.82, 2.24) is 14.8 Å². The van der Waals surface area contributed by atoms with E-state index in [2.05, 4.69) is 10.0 Å². The van der Waals surface area contributed by atoms with Crippen molar-refractivity contribution < 1.29 is 19.1 Å². The largest absolute Gasteiger partial charge is 0.379 e. The number of hydrogen-bond donors (Lipinski definition) is 0. The second-order valence-electron chi connectivity index (χ2n) is 8.71. The summed E-state index contributed by atoms with van der Waals surface area (Å²) in [5, 5.41) is 7.25. The van der Waals surface area contributed by atoms with Gasteiger partial charge in [-0.2, -0.15) is 5.10 Å². The lowest BCUT2D eigenvalue weighted by Crippen LogP contribution is -2.47. The number of benzene rings is 2. The number of carbonyl (C=O) groups is 2. The van der Waals surface area contributed by atoms with Crippen LogP contribution in [0.2, 0.25) is 10.0 Å². The maximum Gasteiger partial charge on any atom is 0.262 e. The number of nitrogens with zero attached hydrogens (tertiary/aromatic N) is 4. The van der Waals surface area contributed by atoms with E-state index in [0.717, 1.165) is 24.2 Å². The van der Waals surface area contributed by atoms with E-state index in [9.17, 15) is 9.59 Å². The molecule has 192 valence electrons. The molecule has 1 atom stereocenters. The number of halogens is 2. The predicted molar refractivity (Wildman–Crippen MR) is 139 cm³/mol. The smallest absolute Gasteiger partial charge is 0.262 e. The van der Waals surface area contributed by atoms with E-state index in [-0.39, 0.29) is 25.0 Å². The van der Waals surface area contributed by atoms with E-state index < -0.39 is 6.04 Å². The number of carbonyl (C=O) groups excluding carboxylic acids is 2. The number of amides is 2. The van der Waals surface area contributed by atoms with Gasteiger partial charge >= 0.3 is 0 Å². The normalized spacial score (nSPS) is 18.2. The Morgan fingerprint density at radius 3 is 2.47 bits per heavy atom. The van der Waals surface area contributed by atoms with Crippen LogP contribution in [0, 0.1) is 0 Å². The highest BCUT2D eigenvalue weighted by atomic mass is 35.5. The van der Waals surface area contributed by atoms with Crippen molar-refractivity contribution >= 4 is 40.7 Å². The molecule has 2 amide bonds. The lowest BCUT2D eigenvalue weighted by molar-refractivity contribution is -0.143. The van der Waals surface area contributed by atoms with Crippen molar-refractivity contribution in [2.75, 3.05) is 59.7 Å². The highest BCUT2D eigenvalue weighted by Crippen LogP contribution is 2.37. The SMILES string of the molecule is COCC(=O)N(CCN1CCOCC1)CC(=O)N1N=C(c2ccccc2Cl)C[C@@H]1c1ccccc1Cl. The third kappa shape index (κ3) is 6.44. The molecule has 36 heavy (non-hydrogen) atoms. The molecule has 1 saturated heterocycles. The molecule has 0 radical (unpaired) electrons. The summed E-state index contributed by atoms with van der Waals surface area (Å²) < 4.78 is 10.5. The molecule has 2 aliphatic heterocycles. The first kappa shape index (κ1) is 26.6. The maximum absolute atomic E-state index is 13.6. The van der Waals surface area contributed by atoms with Crippen LogP contribution in [0.25, 0.3) is 0 Å². The summed E-state index contributed by atoms with van der Waals surface area (Å²) in [5.74, 6) is -0.545. The first-order chi connectivity index (χ1) is 17.5. The van der Waals surface area contributed by atoms with Crippen molar-refractivity contribution in [2.45, 2.75) is 12.5 Å². The molecular formula is C26H30Cl2N4O4. The first-order valence-corrected chi connectivity index (χ1v) is 12.7. The lowest BCUT2D eigenvalue weighted by Gasteiger charge is -2.31. The second kappa shape index (κ2) is 12.7. The molecule has 0 bridgehead atoms. The summed E-state index contributed by atoms with van der Waals surface area (Å²) in [5.41, 5.74) is 2.26. The Morgan fingerprint density at radius 2 is 1.78 bits per heavy atom. The van der Waals surface area contributed by atoms with Crippen molar-refractivity contribution in [1.29, 1.82) is 0 Å². The number of hydrogen-bond acceptors (Lipinski definition) is 6. The van der Waals surface area contributed by atoms with Crippen LogP contribution < -0.4 is 0 Å². The van der Waals surface area contributed by atoms with E-state index >= 15 is 0 Å². The number of rotatable bonds is 9. The summed E-state index contributed by atoms with van der Waals surface area (Å²) in [4.78, 5) is 30.2. The fourth-order valence-corrected chi connectivity index (χ4v) is 4.92. The molecule has 0 N–H and O–H groups in total. The van der Waals surface area contributed by atoms with Gasteiger partial charge in [-0.15, -0.1) is 0 Å². The van der Waals surface area contributed by atoms with Gasteiger partial charge in [-0.05, 0) is 17.7 Å². The number of morpholine rings is 1. The molecule has 2 aliphatic rings. The number of hydrazone groups is 1. The van der Waals surface area contributed by atoms with Gasteiger partial charge in [-0.3, -0.25) is 14.5 Å². The summed E-state index contributed by atoms with van der Waals surface area (Å²) >= 11 is 13.0. The second-order valence-corrected chi connectivity index (χ2v) is 9.52. The van der Waals surface area contributed by atoms with E-state index in [0.29, 0.717) is 48.5 Å². The molecule has 8 nitrogen and oxygen atoms in total. The van der Waals surface area contributed by atoms with Crippen LogP contribution in [-0.4, -0.2) is 92.0 Å². The monoisotopic (exact) mass is 532 g/mol. The molecule has 0 aliphatic carbocycles. The molecule has 10 heteroatoms. The molecule has 2 aromatic rings. The third-order valence-corrected chi connectivity index (χ3v) is 7.03. The average Bonchev–Trinajstić information content (AvgIpc) is 3.33. The minimum absolute atomic E-state index is 0.0987. The Labute approximate surface area is 221 Å². The average molecular weight is 533 g/mol. The Hall–Kier alpha value is -2.49. The molecule has 1 fully saturated rings. The van der Waals surface area contributed by atoms with E-state index in [1.54, 1.807) is 12.1 Å². The first-order valence-electron chi connectivity index (χ1n) is 11.9. The Bertz CT molecular complexity index is 1110. The van der Waals surface area contributed by atoms with Gasteiger partial charge in [0.05, 0.1) is 25.0 Å². The highest BCUT2D eigenvalue weighted by Gasteiger charge is 2.36. The van der Waals surface area contributed by atoms with Crippen LogP contribution in [-0.2, 0) is 19.1 Å². The molecule has 0 unspecified atom stereocenters. The number of ether oxygens (including phenoxy) is 2. The Kier molecular flexibility index (Phi) is 9.34. The zero-order chi connectivity index (χ0) is 25.5. The summed E-state index contributed by atoms with van der Waals surface area (Å²) in [7, 11) is 1.47. The van der Waals surface area contributed by atoms with Crippen molar-refractivity contribution in [3.05, 3.63) is 69.7 Å². The minimum atomic E-state index is -0.406. The fourth-order valence-electron chi connectivity index (χ4n) is 4.42. The standard InChI is InChI=1S/C26H30Cl2N4O4/c1-35-18-26(34)31(11-10-30-12-14-36-15-13-30)17-25(33)32-24(20-7-3-5-9-22(20)28)16-23(29-32)19-6-2-4-8-21(19)27/h2-9,24H,10-18H2,1H3/t24-/m1/s1. The van der Waals surface area contributed by atoms with Crippen molar-refractivity contribution in [2.24, 2.45) is 5.10 Å². The van der Waals surface area contributed by atoms with Gasteiger partial charge in [0.1, 0.15) is 13.2 Å². The van der Waals surface area contributed by atoms with E-state index in [1.807, 2.05) is 36.4 Å². The van der Waals surface area contributed by atoms with Gasteiger partial charge in [0.15, 0.2) is 0 Å². The van der Waals surface area contributed by atoms with Gasteiger partial charge in [0.25, 0.3) is 5.91 Å². The summed E-state index contributed by atoms with van der Waals surface area (Å²) in [6.45, 7) is 3.76. The molecule has 0 aromatic heterocycles. The van der Waals surface area contributed by atoms with Crippen LogP contribution in [0.15, 0.2) is 53.6 Å². The molecular weight excluding hydrogens is 503 g/mol. The topological polar surface area (TPSA) is 74.7 Å². The lowest BCUT2D eigenvalue weighted by atomic mass is 9.98. The van der Waals surface area contributed by atoms with Crippen molar-refractivity contribution in [3.63, 3.8) is 0 Å². The third-order valence-electron chi connectivity index (χ3n) is 6.35. The Morgan fingerprint density at radius 1 is 1.08 bits per heavy atom. The van der Waals surface area contributed by atoms with Gasteiger partial charge in [0.2, 0.25) is 5.91 Å². The minimum Gasteiger partial charge on any atom is -0.379 e. The van der Waals surface area contributed by atoms with Gasteiger partial charge in [-0.1, -0.05) is 59.6 Å². The molecule has 0 spiro atoms. The van der Waals surface area contributed by atoms with Crippen LogP contribution in [0.3, 0.4) is 0 Å². The van der Waals surface area contributed by atoms with Crippen LogP contribution in [0.4, 0.5) is 0 Å². The van der Waals surface area contributed by atoms with Crippen LogP contribution >= 0.6 is 23.2 Å². The van der Waals surface area contributed by atoms with E-state index in [4.69, 9.17) is 32.7 Å². The van der Waals surface area contributed by atoms with Gasteiger partial charge in [0, 0.05) is 55.3 Å². The zero-order valence-electron chi connectivity index (χ0n) is 20.2. The van der Waals surface area contributed by atoms with Crippen LogP contribution in [0.5, 0.6) is 0 Å². The predicted octanol–water partition coefficient (Wildman–Crippen LogP) is 3.48. The maximum atomic E-state index is 13.6.